The van der Waals surface area contributed by atoms with Gasteiger partial charge in [0, 0.05) is 33.1 Å². The van der Waals surface area contributed by atoms with Gasteiger partial charge >= 0.3 is 6.03 Å². The first-order valence-corrected chi connectivity index (χ1v) is 6.71. The third-order valence-electron chi connectivity index (χ3n) is 3.84. The van der Waals surface area contributed by atoms with Crippen molar-refractivity contribution >= 4 is 23.8 Å². The van der Waals surface area contributed by atoms with Gasteiger partial charge in [-0.25, -0.2) is 4.79 Å². The Labute approximate surface area is 122 Å². The van der Waals surface area contributed by atoms with Crippen LogP contribution < -0.4 is 16.0 Å². The van der Waals surface area contributed by atoms with Gasteiger partial charge in [-0.15, -0.1) is 0 Å². The van der Waals surface area contributed by atoms with Gasteiger partial charge in [0.2, 0.25) is 5.91 Å². The molecule has 0 aromatic rings. The Morgan fingerprint density at radius 1 is 1.14 bits per heavy atom. The van der Waals surface area contributed by atoms with Gasteiger partial charge in [0.05, 0.1) is 6.54 Å². The lowest BCUT2D eigenvalue weighted by molar-refractivity contribution is -0.149. The quantitative estimate of drug-likeness (QED) is 0.496. The van der Waals surface area contributed by atoms with Crippen molar-refractivity contribution in [2.75, 3.05) is 39.8 Å². The molecule has 3 N–H and O–H groups in total. The molecule has 9 heteroatoms. The fraction of sp³-hybridized carbons (Fsp3) is 0.667. The number of carbonyl (C=O) groups is 4. The molecular formula is C12H19N5O4. The van der Waals surface area contributed by atoms with E-state index in [1.807, 2.05) is 7.05 Å². The number of hydrogen-bond acceptors (Lipinski definition) is 6. The van der Waals surface area contributed by atoms with E-state index in [0.29, 0.717) is 26.2 Å². The van der Waals surface area contributed by atoms with E-state index in [9.17, 15) is 19.2 Å². The summed E-state index contributed by atoms with van der Waals surface area (Å²) in [7, 11) is 1.95. The van der Waals surface area contributed by atoms with Crippen molar-refractivity contribution in [1.29, 1.82) is 0 Å². The molecule has 0 unspecified atom stereocenters. The van der Waals surface area contributed by atoms with Gasteiger partial charge < -0.3 is 10.2 Å². The molecule has 2 fully saturated rings. The summed E-state index contributed by atoms with van der Waals surface area (Å²) in [5, 5.41) is 6.75. The second kappa shape index (κ2) is 5.78. The molecule has 2 saturated heterocycles. The lowest BCUT2D eigenvalue weighted by atomic mass is 9.91. The molecule has 2 heterocycles. The molecule has 0 aliphatic carbocycles. The molecule has 0 atom stereocenters. The number of imide groups is 2. The van der Waals surface area contributed by atoms with Crippen LogP contribution in [0.1, 0.15) is 6.92 Å². The summed E-state index contributed by atoms with van der Waals surface area (Å²) in [6.07, 6.45) is 0. The van der Waals surface area contributed by atoms with Gasteiger partial charge in [-0.1, -0.05) is 0 Å². The first-order chi connectivity index (χ1) is 9.86. The number of hydrogen-bond donors (Lipinski definition) is 3. The van der Waals surface area contributed by atoms with Crippen LogP contribution >= 0.6 is 0 Å². The highest BCUT2D eigenvalue weighted by molar-refractivity contribution is 6.22. The van der Waals surface area contributed by atoms with Crippen molar-refractivity contribution in [1.82, 2.24) is 25.8 Å². The standard InChI is InChI=1S/C12H19N5O4/c1-8(18)13-7-12(17-5-3-16(2)4-6-17)9(19)14-11(21)15-10(12)20/h3-7H2,1-2H3,(H,13,18)(H2,14,15,19,20,21). The second-order valence-electron chi connectivity index (χ2n) is 5.30. The third kappa shape index (κ3) is 2.88. The summed E-state index contributed by atoms with van der Waals surface area (Å²) in [4.78, 5) is 50.9. The highest BCUT2D eigenvalue weighted by atomic mass is 16.2. The maximum absolute atomic E-state index is 12.3. The number of likely N-dealkylation sites (N-methyl/N-ethyl adjacent to an activating group) is 1. The summed E-state index contributed by atoms with van der Waals surface area (Å²) in [6.45, 7) is 3.50. The van der Waals surface area contributed by atoms with Gasteiger partial charge in [-0.3, -0.25) is 29.9 Å². The van der Waals surface area contributed by atoms with Gasteiger partial charge in [0.25, 0.3) is 11.8 Å². The first kappa shape index (κ1) is 15.4. The minimum Gasteiger partial charge on any atom is -0.353 e. The van der Waals surface area contributed by atoms with Gasteiger partial charge in [-0.05, 0) is 7.05 Å². The molecule has 0 aromatic heterocycles. The predicted molar refractivity (Wildman–Crippen MR) is 72.2 cm³/mol. The summed E-state index contributed by atoms with van der Waals surface area (Å²) in [6, 6.07) is -0.836. The van der Waals surface area contributed by atoms with Crippen LogP contribution in [0, 0.1) is 0 Å². The van der Waals surface area contributed by atoms with Crippen LogP contribution in [0.15, 0.2) is 0 Å². The highest BCUT2D eigenvalue weighted by Crippen LogP contribution is 2.20. The topological polar surface area (TPSA) is 111 Å². The number of rotatable bonds is 3. The molecule has 2 aliphatic rings. The number of piperazine rings is 1. The molecule has 0 spiro atoms. The Bertz CT molecular complexity index is 464. The van der Waals surface area contributed by atoms with Crippen molar-refractivity contribution in [2.24, 2.45) is 0 Å². The lowest BCUT2D eigenvalue weighted by Gasteiger charge is -2.45. The van der Waals surface area contributed by atoms with E-state index in [4.69, 9.17) is 0 Å². The summed E-state index contributed by atoms with van der Waals surface area (Å²) in [5.41, 5.74) is -1.58. The molecule has 0 aromatic carbocycles. The monoisotopic (exact) mass is 297 g/mol. The molecule has 0 radical (unpaired) electrons. The lowest BCUT2D eigenvalue weighted by Crippen LogP contribution is -2.77. The average Bonchev–Trinajstić information content (AvgIpc) is 2.39. The van der Waals surface area contributed by atoms with Crippen molar-refractivity contribution in [2.45, 2.75) is 12.5 Å². The molecule has 0 saturated carbocycles. The van der Waals surface area contributed by atoms with Gasteiger partial charge in [0.1, 0.15) is 0 Å². The Kier molecular flexibility index (Phi) is 4.24. The molecule has 2 rings (SSSR count). The van der Waals surface area contributed by atoms with Gasteiger partial charge in [-0.2, -0.15) is 0 Å². The highest BCUT2D eigenvalue weighted by Gasteiger charge is 2.55. The fourth-order valence-corrected chi connectivity index (χ4v) is 2.55. The average molecular weight is 297 g/mol. The molecular weight excluding hydrogens is 278 g/mol. The molecule has 21 heavy (non-hydrogen) atoms. The normalized spacial score (nSPS) is 23.4. The second-order valence-corrected chi connectivity index (χ2v) is 5.30. The Morgan fingerprint density at radius 2 is 1.67 bits per heavy atom. The van der Waals surface area contributed by atoms with E-state index in [-0.39, 0.29) is 12.5 Å². The first-order valence-electron chi connectivity index (χ1n) is 6.71. The molecule has 116 valence electrons. The SMILES string of the molecule is CC(=O)NCC1(N2CCN(C)CC2)C(=O)NC(=O)NC1=O. The van der Waals surface area contributed by atoms with E-state index in [1.54, 1.807) is 4.90 Å². The van der Waals surface area contributed by atoms with E-state index in [0.717, 1.165) is 0 Å². The van der Waals surface area contributed by atoms with E-state index in [1.165, 1.54) is 6.92 Å². The number of barbiturate groups is 1. The van der Waals surface area contributed by atoms with E-state index < -0.39 is 23.4 Å². The van der Waals surface area contributed by atoms with Crippen LogP contribution in [0.5, 0.6) is 0 Å². The zero-order chi connectivity index (χ0) is 15.6. The van der Waals surface area contributed by atoms with Crippen molar-refractivity contribution in [3.05, 3.63) is 0 Å². The molecule has 5 amide bonds. The maximum atomic E-state index is 12.3. The van der Waals surface area contributed by atoms with Crippen molar-refractivity contribution < 1.29 is 19.2 Å². The number of nitrogens with one attached hydrogen (secondary N) is 3. The predicted octanol–water partition coefficient (Wildman–Crippen LogP) is -2.53. The Morgan fingerprint density at radius 3 is 2.14 bits per heavy atom. The van der Waals surface area contributed by atoms with E-state index >= 15 is 0 Å². The molecule has 9 nitrogen and oxygen atoms in total. The van der Waals surface area contributed by atoms with Crippen molar-refractivity contribution in [3.8, 4) is 0 Å². The maximum Gasteiger partial charge on any atom is 0.328 e. The molecule has 2 aliphatic heterocycles. The minimum atomic E-state index is -1.58. The van der Waals surface area contributed by atoms with E-state index in [2.05, 4.69) is 20.9 Å². The third-order valence-corrected chi connectivity index (χ3v) is 3.84. The van der Waals surface area contributed by atoms with Crippen LogP contribution in [-0.4, -0.2) is 78.9 Å². The fourth-order valence-electron chi connectivity index (χ4n) is 2.55. The number of carbonyl (C=O) groups excluding carboxylic acids is 4. The Hall–Kier alpha value is -2.00. The summed E-state index contributed by atoms with van der Waals surface area (Å²) in [5.74, 6) is -1.75. The molecule has 0 bridgehead atoms. The number of amides is 5. The number of urea groups is 1. The Balaban J connectivity index is 2.29. The zero-order valence-corrected chi connectivity index (χ0v) is 12.1. The number of nitrogens with zero attached hydrogens (tertiary/aromatic N) is 2. The minimum absolute atomic E-state index is 0.170. The zero-order valence-electron chi connectivity index (χ0n) is 12.1. The summed E-state index contributed by atoms with van der Waals surface area (Å²) < 4.78 is 0. The van der Waals surface area contributed by atoms with Gasteiger partial charge in [0.15, 0.2) is 5.54 Å². The van der Waals surface area contributed by atoms with Crippen LogP contribution in [-0.2, 0) is 14.4 Å². The van der Waals surface area contributed by atoms with Crippen LogP contribution in [0.3, 0.4) is 0 Å². The van der Waals surface area contributed by atoms with Crippen LogP contribution in [0.2, 0.25) is 0 Å². The summed E-state index contributed by atoms with van der Waals surface area (Å²) >= 11 is 0. The smallest absolute Gasteiger partial charge is 0.328 e. The van der Waals surface area contributed by atoms with Crippen LogP contribution in [0.25, 0.3) is 0 Å². The largest absolute Gasteiger partial charge is 0.353 e. The van der Waals surface area contributed by atoms with Crippen LogP contribution in [0.4, 0.5) is 4.79 Å². The van der Waals surface area contributed by atoms with Crippen molar-refractivity contribution in [3.63, 3.8) is 0 Å².